The monoisotopic (exact) mass is 332 g/mol. The molecule has 1 amide bonds. The molecule has 0 saturated carbocycles. The Morgan fingerprint density at radius 1 is 1.26 bits per heavy atom. The maximum absolute atomic E-state index is 12.2. The summed E-state index contributed by atoms with van der Waals surface area (Å²) in [6.45, 7) is 1.13. The van der Waals surface area contributed by atoms with E-state index in [2.05, 4.69) is 11.1 Å². The van der Waals surface area contributed by atoms with E-state index in [1.165, 1.54) is 4.70 Å². The quantitative estimate of drug-likeness (QED) is 0.914. The first-order valence-electron chi connectivity index (χ1n) is 7.98. The Morgan fingerprint density at radius 2 is 2.00 bits per heavy atom. The number of amides is 1. The van der Waals surface area contributed by atoms with Crippen molar-refractivity contribution >= 4 is 33.4 Å². The van der Waals surface area contributed by atoms with Crippen molar-refractivity contribution in [3.8, 4) is 0 Å². The highest BCUT2D eigenvalue weighted by atomic mass is 32.1. The molecule has 1 fully saturated rings. The summed E-state index contributed by atoms with van der Waals surface area (Å²) in [4.78, 5) is 29.5. The molecule has 1 N–H and O–H groups in total. The first-order valence-corrected chi connectivity index (χ1v) is 8.80. The summed E-state index contributed by atoms with van der Waals surface area (Å²) in [7, 11) is 0. The van der Waals surface area contributed by atoms with E-state index in [1.807, 2.05) is 18.2 Å². The number of aromatic nitrogens is 1. The second-order valence-electron chi connectivity index (χ2n) is 5.92. The lowest BCUT2D eigenvalue weighted by Gasteiger charge is -2.30. The van der Waals surface area contributed by atoms with Crippen LogP contribution in [0.15, 0.2) is 24.3 Å². The SMILES string of the molecule is O=C(O)C1CCN(C(=O)CCCc2nc3ccccc3s2)CC1. The first kappa shape index (κ1) is 15.9. The Labute approximate surface area is 138 Å². The number of benzene rings is 1. The van der Waals surface area contributed by atoms with E-state index >= 15 is 0 Å². The van der Waals surface area contributed by atoms with Gasteiger partial charge in [-0.2, -0.15) is 0 Å². The Bertz CT molecular complexity index is 672. The maximum Gasteiger partial charge on any atom is 0.306 e. The van der Waals surface area contributed by atoms with Crippen molar-refractivity contribution in [3.63, 3.8) is 0 Å². The van der Waals surface area contributed by atoms with E-state index in [0.717, 1.165) is 23.4 Å². The van der Waals surface area contributed by atoms with Crippen molar-refractivity contribution in [1.29, 1.82) is 0 Å². The van der Waals surface area contributed by atoms with Gasteiger partial charge < -0.3 is 10.0 Å². The highest BCUT2D eigenvalue weighted by Crippen LogP contribution is 2.23. The Balaban J connectivity index is 1.45. The number of aliphatic carboxylic acids is 1. The zero-order valence-corrected chi connectivity index (χ0v) is 13.7. The van der Waals surface area contributed by atoms with E-state index in [9.17, 15) is 9.59 Å². The minimum absolute atomic E-state index is 0.134. The van der Waals surface area contributed by atoms with Gasteiger partial charge in [-0.1, -0.05) is 12.1 Å². The van der Waals surface area contributed by atoms with E-state index in [-0.39, 0.29) is 11.8 Å². The van der Waals surface area contributed by atoms with Gasteiger partial charge >= 0.3 is 5.97 Å². The fourth-order valence-corrected chi connectivity index (χ4v) is 3.96. The minimum Gasteiger partial charge on any atom is -0.481 e. The third-order valence-corrected chi connectivity index (χ3v) is 5.41. The van der Waals surface area contributed by atoms with Crippen LogP contribution >= 0.6 is 11.3 Å². The van der Waals surface area contributed by atoms with E-state index < -0.39 is 5.97 Å². The number of aryl methyl sites for hydroxylation is 1. The van der Waals surface area contributed by atoms with Crippen LogP contribution in [0.4, 0.5) is 0 Å². The van der Waals surface area contributed by atoms with Crippen molar-refractivity contribution in [2.24, 2.45) is 5.92 Å². The molecule has 0 aliphatic carbocycles. The van der Waals surface area contributed by atoms with E-state index in [4.69, 9.17) is 5.11 Å². The largest absolute Gasteiger partial charge is 0.481 e. The molecule has 1 aliphatic heterocycles. The van der Waals surface area contributed by atoms with Crippen molar-refractivity contribution in [2.45, 2.75) is 32.1 Å². The number of fused-ring (bicyclic) bond motifs is 1. The summed E-state index contributed by atoms with van der Waals surface area (Å²) < 4.78 is 1.18. The van der Waals surface area contributed by atoms with Crippen molar-refractivity contribution in [2.75, 3.05) is 13.1 Å². The normalized spacial score (nSPS) is 15.9. The van der Waals surface area contributed by atoms with Crippen LogP contribution in [-0.4, -0.2) is 40.0 Å². The number of carbonyl (C=O) groups is 2. The number of thiazole rings is 1. The minimum atomic E-state index is -0.743. The van der Waals surface area contributed by atoms with Gasteiger partial charge in [0, 0.05) is 19.5 Å². The summed E-state index contributed by atoms with van der Waals surface area (Å²) in [5, 5.41) is 10.1. The number of carboxylic acids is 1. The average Bonchev–Trinajstić information content (AvgIpc) is 2.97. The molecule has 1 aromatic carbocycles. The average molecular weight is 332 g/mol. The zero-order valence-electron chi connectivity index (χ0n) is 12.9. The lowest BCUT2D eigenvalue weighted by Crippen LogP contribution is -2.40. The molecule has 0 atom stereocenters. The summed E-state index contributed by atoms with van der Waals surface area (Å²) in [5.41, 5.74) is 1.02. The predicted octanol–water partition coefficient (Wildman–Crippen LogP) is 2.94. The second kappa shape index (κ2) is 7.08. The summed E-state index contributed by atoms with van der Waals surface area (Å²) in [6.07, 6.45) is 3.25. The van der Waals surface area contributed by atoms with E-state index in [1.54, 1.807) is 16.2 Å². The number of hydrogen-bond acceptors (Lipinski definition) is 4. The third-order valence-electron chi connectivity index (χ3n) is 4.32. The van der Waals surface area contributed by atoms with Crippen LogP contribution < -0.4 is 0 Å². The Morgan fingerprint density at radius 3 is 2.70 bits per heavy atom. The number of likely N-dealkylation sites (tertiary alicyclic amines) is 1. The molecule has 1 saturated heterocycles. The molecule has 122 valence electrons. The third kappa shape index (κ3) is 3.88. The molecule has 23 heavy (non-hydrogen) atoms. The van der Waals surface area contributed by atoms with Gasteiger partial charge in [-0.15, -0.1) is 11.3 Å². The van der Waals surface area contributed by atoms with Gasteiger partial charge in [0.15, 0.2) is 0 Å². The molecule has 0 spiro atoms. The molecule has 2 heterocycles. The van der Waals surface area contributed by atoms with Crippen molar-refractivity contribution in [1.82, 2.24) is 9.88 Å². The van der Waals surface area contributed by atoms with Crippen LogP contribution in [0.1, 0.15) is 30.7 Å². The van der Waals surface area contributed by atoms with Gasteiger partial charge in [0.25, 0.3) is 0 Å². The molecule has 0 bridgehead atoms. The Kier molecular flexibility index (Phi) is 4.91. The van der Waals surface area contributed by atoms with E-state index in [0.29, 0.717) is 32.4 Å². The van der Waals surface area contributed by atoms with Crippen LogP contribution in [0.5, 0.6) is 0 Å². The smallest absolute Gasteiger partial charge is 0.306 e. The molecule has 0 unspecified atom stereocenters. The van der Waals surface area contributed by atoms with Gasteiger partial charge in [-0.05, 0) is 37.8 Å². The standard InChI is InChI=1S/C17H20N2O3S/c20-16(19-10-8-12(9-11-19)17(21)22)7-3-6-15-18-13-4-1-2-5-14(13)23-15/h1-2,4-5,12H,3,6-11H2,(H,21,22). The lowest BCUT2D eigenvalue weighted by molar-refractivity contribution is -0.145. The van der Waals surface area contributed by atoms with Gasteiger partial charge in [0.05, 0.1) is 21.1 Å². The molecule has 5 nitrogen and oxygen atoms in total. The Hall–Kier alpha value is -1.95. The number of para-hydroxylation sites is 1. The van der Waals surface area contributed by atoms with Crippen LogP contribution in [0, 0.1) is 5.92 Å². The number of hydrogen-bond donors (Lipinski definition) is 1. The topological polar surface area (TPSA) is 70.5 Å². The summed E-state index contributed by atoms with van der Waals surface area (Å²) >= 11 is 1.69. The van der Waals surface area contributed by atoms with Crippen LogP contribution in [0.3, 0.4) is 0 Å². The van der Waals surface area contributed by atoms with Gasteiger partial charge in [0.2, 0.25) is 5.91 Å². The fraction of sp³-hybridized carbons (Fsp3) is 0.471. The van der Waals surface area contributed by atoms with Crippen LogP contribution in [0.25, 0.3) is 10.2 Å². The number of nitrogens with zero attached hydrogens (tertiary/aromatic N) is 2. The number of carbonyl (C=O) groups excluding carboxylic acids is 1. The highest BCUT2D eigenvalue weighted by Gasteiger charge is 2.26. The molecule has 3 rings (SSSR count). The van der Waals surface area contributed by atoms with Gasteiger partial charge in [0.1, 0.15) is 0 Å². The molecule has 0 radical (unpaired) electrons. The van der Waals surface area contributed by atoms with Gasteiger partial charge in [-0.25, -0.2) is 4.98 Å². The second-order valence-corrected chi connectivity index (χ2v) is 7.04. The first-order chi connectivity index (χ1) is 11.1. The zero-order chi connectivity index (χ0) is 16.2. The van der Waals surface area contributed by atoms with Crippen LogP contribution in [0.2, 0.25) is 0 Å². The fourth-order valence-electron chi connectivity index (χ4n) is 2.95. The van der Waals surface area contributed by atoms with Crippen molar-refractivity contribution in [3.05, 3.63) is 29.3 Å². The molecule has 2 aromatic rings. The molecule has 1 aromatic heterocycles. The number of piperidine rings is 1. The molecular weight excluding hydrogens is 312 g/mol. The lowest BCUT2D eigenvalue weighted by atomic mass is 9.97. The summed E-state index contributed by atoms with van der Waals surface area (Å²) in [6, 6.07) is 8.06. The molecule has 6 heteroatoms. The maximum atomic E-state index is 12.2. The predicted molar refractivity (Wildman–Crippen MR) is 89.5 cm³/mol. The van der Waals surface area contributed by atoms with Gasteiger partial charge in [-0.3, -0.25) is 9.59 Å². The van der Waals surface area contributed by atoms with Crippen LogP contribution in [-0.2, 0) is 16.0 Å². The highest BCUT2D eigenvalue weighted by molar-refractivity contribution is 7.18. The molecular formula is C17H20N2O3S. The molecule has 1 aliphatic rings. The number of rotatable bonds is 5. The summed E-state index contributed by atoms with van der Waals surface area (Å²) in [5.74, 6) is -0.898. The number of carboxylic acid groups (broad SMARTS) is 1. The van der Waals surface area contributed by atoms with Crippen molar-refractivity contribution < 1.29 is 14.7 Å².